The minimum Gasteiger partial charge on any atom is -0.493 e. The summed E-state index contributed by atoms with van der Waals surface area (Å²) in [5.74, 6) is -1.13. The van der Waals surface area contributed by atoms with Crippen LogP contribution in [0.2, 0.25) is 0 Å². The molecular weight excluding hydrogens is 311 g/mol. The molecule has 7 heteroatoms. The van der Waals surface area contributed by atoms with E-state index in [1.807, 2.05) is 0 Å². The molecule has 0 unspecified atom stereocenters. The Morgan fingerprint density at radius 2 is 1.96 bits per heavy atom. The molecule has 1 aromatic rings. The predicted octanol–water partition coefficient (Wildman–Crippen LogP) is 3.55. The molecule has 0 bridgehead atoms. The summed E-state index contributed by atoms with van der Waals surface area (Å²) in [6.07, 6.45) is -3.17. The highest BCUT2D eigenvalue weighted by molar-refractivity contribution is 5.98. The SMILES string of the molecule is COc1cccc(C(=O)N[C@H]2CCC[C@H](C(F)(F)F)C2)c1OC. The van der Waals surface area contributed by atoms with Crippen molar-refractivity contribution in [3.8, 4) is 11.5 Å². The largest absolute Gasteiger partial charge is 0.493 e. The van der Waals surface area contributed by atoms with Gasteiger partial charge in [-0.2, -0.15) is 13.2 Å². The average Bonchev–Trinajstić information content (AvgIpc) is 2.53. The lowest BCUT2D eigenvalue weighted by molar-refractivity contribution is -0.183. The van der Waals surface area contributed by atoms with E-state index in [1.54, 1.807) is 18.2 Å². The van der Waals surface area contributed by atoms with Crippen molar-refractivity contribution in [2.45, 2.75) is 37.9 Å². The van der Waals surface area contributed by atoms with E-state index in [0.29, 0.717) is 18.6 Å². The Labute approximate surface area is 133 Å². The zero-order valence-electron chi connectivity index (χ0n) is 13.1. The second kappa shape index (κ2) is 7.10. The van der Waals surface area contributed by atoms with Gasteiger partial charge in [0.25, 0.3) is 5.91 Å². The molecule has 0 aromatic heterocycles. The second-order valence-electron chi connectivity index (χ2n) is 5.62. The Bertz CT molecular complexity index is 560. The van der Waals surface area contributed by atoms with Crippen molar-refractivity contribution >= 4 is 5.91 Å². The third-order valence-electron chi connectivity index (χ3n) is 4.12. The molecule has 0 radical (unpaired) electrons. The van der Waals surface area contributed by atoms with Crippen LogP contribution in [0.4, 0.5) is 13.2 Å². The summed E-state index contributed by atoms with van der Waals surface area (Å²) in [6.45, 7) is 0. The molecule has 1 aliphatic rings. The fourth-order valence-electron chi connectivity index (χ4n) is 2.95. The van der Waals surface area contributed by atoms with Crippen LogP contribution in [0.15, 0.2) is 18.2 Å². The van der Waals surface area contributed by atoms with Crippen molar-refractivity contribution in [1.29, 1.82) is 0 Å². The lowest BCUT2D eigenvalue weighted by Gasteiger charge is -2.31. The maximum absolute atomic E-state index is 12.8. The van der Waals surface area contributed by atoms with Gasteiger partial charge in [0.05, 0.1) is 25.7 Å². The maximum atomic E-state index is 12.8. The molecule has 4 nitrogen and oxygen atoms in total. The number of carbonyl (C=O) groups excluding carboxylic acids is 1. The molecule has 1 fully saturated rings. The molecule has 23 heavy (non-hydrogen) atoms. The number of alkyl halides is 3. The molecule has 2 rings (SSSR count). The van der Waals surface area contributed by atoms with Gasteiger partial charge in [0, 0.05) is 6.04 Å². The van der Waals surface area contributed by atoms with Gasteiger partial charge in [-0.15, -0.1) is 0 Å². The number of halogens is 3. The monoisotopic (exact) mass is 331 g/mol. The van der Waals surface area contributed by atoms with Crippen LogP contribution in [0, 0.1) is 5.92 Å². The van der Waals surface area contributed by atoms with Gasteiger partial charge in [-0.1, -0.05) is 12.5 Å². The minimum atomic E-state index is -4.21. The van der Waals surface area contributed by atoms with Gasteiger partial charge in [0.15, 0.2) is 11.5 Å². The Morgan fingerprint density at radius 1 is 1.22 bits per heavy atom. The van der Waals surface area contributed by atoms with Crippen molar-refractivity contribution in [3.63, 3.8) is 0 Å². The number of hydrogen-bond acceptors (Lipinski definition) is 3. The highest BCUT2D eigenvalue weighted by Gasteiger charge is 2.42. The molecule has 1 aliphatic carbocycles. The van der Waals surface area contributed by atoms with Crippen molar-refractivity contribution < 1.29 is 27.4 Å². The number of para-hydroxylation sites is 1. The summed E-state index contributed by atoms with van der Waals surface area (Å²) >= 11 is 0. The Balaban J connectivity index is 2.10. The smallest absolute Gasteiger partial charge is 0.391 e. The molecule has 0 aliphatic heterocycles. The average molecular weight is 331 g/mol. The highest BCUT2D eigenvalue weighted by Crippen LogP contribution is 2.38. The number of amides is 1. The number of benzene rings is 1. The van der Waals surface area contributed by atoms with Gasteiger partial charge in [0.1, 0.15) is 0 Å². The molecular formula is C16H20F3NO3. The topological polar surface area (TPSA) is 47.6 Å². The van der Waals surface area contributed by atoms with Crippen LogP contribution >= 0.6 is 0 Å². The van der Waals surface area contributed by atoms with Gasteiger partial charge in [-0.25, -0.2) is 0 Å². The standard InChI is InChI=1S/C16H20F3NO3/c1-22-13-8-4-7-12(14(13)23-2)15(21)20-11-6-3-5-10(9-11)16(17,18)19/h4,7-8,10-11H,3,5-6,9H2,1-2H3,(H,20,21)/t10-,11-/m0/s1. The number of methoxy groups -OCH3 is 2. The molecule has 1 amide bonds. The van der Waals surface area contributed by atoms with Gasteiger partial charge in [-0.3, -0.25) is 4.79 Å². The first-order chi connectivity index (χ1) is 10.9. The molecule has 128 valence electrons. The molecule has 1 N–H and O–H groups in total. The van der Waals surface area contributed by atoms with Crippen LogP contribution in [0.3, 0.4) is 0 Å². The third kappa shape index (κ3) is 4.09. The fraction of sp³-hybridized carbons (Fsp3) is 0.562. The quantitative estimate of drug-likeness (QED) is 0.918. The number of carbonyl (C=O) groups is 1. The highest BCUT2D eigenvalue weighted by atomic mass is 19.4. The third-order valence-corrected chi connectivity index (χ3v) is 4.12. The molecule has 1 aromatic carbocycles. The Kier molecular flexibility index (Phi) is 5.38. The van der Waals surface area contributed by atoms with Gasteiger partial charge < -0.3 is 14.8 Å². The summed E-state index contributed by atoms with van der Waals surface area (Å²) in [7, 11) is 2.86. The first-order valence-corrected chi connectivity index (χ1v) is 7.45. The Morgan fingerprint density at radius 3 is 2.57 bits per heavy atom. The summed E-state index contributed by atoms with van der Waals surface area (Å²) in [4.78, 5) is 12.4. The molecule has 0 saturated heterocycles. The Hall–Kier alpha value is -1.92. The van der Waals surface area contributed by atoms with Crippen LogP contribution in [0.25, 0.3) is 0 Å². The maximum Gasteiger partial charge on any atom is 0.391 e. The number of ether oxygens (including phenoxy) is 2. The van der Waals surface area contributed by atoms with E-state index in [-0.39, 0.29) is 24.2 Å². The number of nitrogens with one attached hydrogen (secondary N) is 1. The van der Waals surface area contributed by atoms with Crippen LogP contribution < -0.4 is 14.8 Å². The van der Waals surface area contributed by atoms with Crippen LogP contribution in [0.1, 0.15) is 36.0 Å². The van der Waals surface area contributed by atoms with E-state index < -0.39 is 24.0 Å². The fourth-order valence-corrected chi connectivity index (χ4v) is 2.95. The van der Waals surface area contributed by atoms with E-state index in [9.17, 15) is 18.0 Å². The van der Waals surface area contributed by atoms with Crippen molar-refractivity contribution in [2.75, 3.05) is 14.2 Å². The van der Waals surface area contributed by atoms with Crippen molar-refractivity contribution in [2.24, 2.45) is 5.92 Å². The second-order valence-corrected chi connectivity index (χ2v) is 5.62. The zero-order chi connectivity index (χ0) is 17.0. The van der Waals surface area contributed by atoms with Gasteiger partial charge in [0.2, 0.25) is 0 Å². The summed E-state index contributed by atoms with van der Waals surface area (Å²) < 4.78 is 48.8. The first-order valence-electron chi connectivity index (χ1n) is 7.45. The zero-order valence-corrected chi connectivity index (χ0v) is 13.1. The van der Waals surface area contributed by atoms with Crippen molar-refractivity contribution in [1.82, 2.24) is 5.32 Å². The lowest BCUT2D eigenvalue weighted by atomic mass is 9.85. The van der Waals surface area contributed by atoms with E-state index >= 15 is 0 Å². The number of hydrogen-bond donors (Lipinski definition) is 1. The van der Waals surface area contributed by atoms with E-state index in [4.69, 9.17) is 9.47 Å². The van der Waals surface area contributed by atoms with E-state index in [0.717, 1.165) is 0 Å². The lowest BCUT2D eigenvalue weighted by Crippen LogP contribution is -2.41. The number of rotatable bonds is 4. The molecule has 0 spiro atoms. The van der Waals surface area contributed by atoms with E-state index in [1.165, 1.54) is 14.2 Å². The molecule has 2 atom stereocenters. The normalized spacial score (nSPS) is 21.6. The first kappa shape index (κ1) is 17.4. The predicted molar refractivity (Wildman–Crippen MR) is 78.8 cm³/mol. The van der Waals surface area contributed by atoms with Crippen molar-refractivity contribution in [3.05, 3.63) is 23.8 Å². The van der Waals surface area contributed by atoms with Crippen LogP contribution in [0.5, 0.6) is 11.5 Å². The van der Waals surface area contributed by atoms with Crippen LogP contribution in [-0.4, -0.2) is 32.3 Å². The molecule has 0 heterocycles. The summed E-state index contributed by atoms with van der Waals surface area (Å²) in [6, 6.07) is 4.35. The van der Waals surface area contributed by atoms with E-state index in [2.05, 4.69) is 5.32 Å². The van der Waals surface area contributed by atoms with Gasteiger partial charge in [-0.05, 0) is 31.4 Å². The summed E-state index contributed by atoms with van der Waals surface area (Å²) in [5.41, 5.74) is 0.251. The van der Waals surface area contributed by atoms with Crippen LogP contribution in [-0.2, 0) is 0 Å². The minimum absolute atomic E-state index is 0.0818. The summed E-state index contributed by atoms with van der Waals surface area (Å²) in [5, 5.41) is 2.69. The molecule has 1 saturated carbocycles. The van der Waals surface area contributed by atoms with Gasteiger partial charge >= 0.3 is 6.18 Å².